The summed E-state index contributed by atoms with van der Waals surface area (Å²) < 4.78 is 130. The molecule has 1 saturated heterocycles. The van der Waals surface area contributed by atoms with Crippen LogP contribution >= 0.6 is 0 Å². The van der Waals surface area contributed by atoms with Crippen LogP contribution in [0.3, 0.4) is 0 Å². The van der Waals surface area contributed by atoms with E-state index in [1.807, 2.05) is 0 Å². The van der Waals surface area contributed by atoms with E-state index in [2.05, 4.69) is 48.6 Å². The van der Waals surface area contributed by atoms with Crippen LogP contribution in [0.5, 0.6) is 0 Å². The lowest BCUT2D eigenvalue weighted by Crippen LogP contribution is -2.63. The van der Waals surface area contributed by atoms with Gasteiger partial charge in [-0.25, -0.2) is 16.8 Å². The number of quaternary nitrogens is 1. The number of sulfonamides is 2. The largest absolute Gasteiger partial charge is 0.559 e. The third-order valence-electron chi connectivity index (χ3n) is 5.16. The molecule has 0 saturated carbocycles. The Bertz CT molecular complexity index is 864. The van der Waals surface area contributed by atoms with Crippen molar-refractivity contribution in [1.29, 1.82) is 0 Å². The minimum absolute atomic E-state index is 0.494. The molecule has 0 spiro atoms. The summed E-state index contributed by atoms with van der Waals surface area (Å²) in [5, 5.41) is 0. The molecule has 0 aliphatic carbocycles. The van der Waals surface area contributed by atoms with Crippen LogP contribution in [-0.2, 0) is 33.3 Å². The van der Waals surface area contributed by atoms with Crippen LogP contribution in [0.4, 0.5) is 26.3 Å². The van der Waals surface area contributed by atoms with Gasteiger partial charge in [0.25, 0.3) is 0 Å². The summed E-state index contributed by atoms with van der Waals surface area (Å²) in [6, 6.07) is 0. The zero-order valence-corrected chi connectivity index (χ0v) is 26.1. The van der Waals surface area contributed by atoms with Crippen molar-refractivity contribution in [2.24, 2.45) is 17.8 Å². The third-order valence-corrected chi connectivity index (χ3v) is 10.9. The second kappa shape index (κ2) is 15.1. The lowest BCUT2D eigenvalue weighted by Gasteiger charge is -2.43. The number of hydrogen-bond acceptors (Lipinski definition) is 7. The standard InChI is InChI=1S/C19H42NO3Si.C2F6NO4S2/c1-17(2)13-21-24(22-14-18(3)4,23-15-19(5)6)16-20(7)11-9-8-10-12-20;3-1(4,5)14(10,11)9-15(12,13)2(6,7)8/h17-19H,8-16H2,1-7H3;/q+1;-1. The summed E-state index contributed by atoms with van der Waals surface area (Å²) in [6.45, 7) is 17.8. The molecule has 1 fully saturated rings. The van der Waals surface area contributed by atoms with Crippen LogP contribution in [0.15, 0.2) is 0 Å². The Morgan fingerprint density at radius 2 is 1.00 bits per heavy atom. The maximum atomic E-state index is 11.4. The van der Waals surface area contributed by atoms with Gasteiger partial charge in [0.1, 0.15) is 6.17 Å². The molecule has 0 radical (unpaired) electrons. The van der Waals surface area contributed by atoms with Gasteiger partial charge in [-0.1, -0.05) is 41.5 Å². The first-order valence-corrected chi connectivity index (χ1v) is 17.3. The Hall–Kier alpha value is -0.503. The lowest BCUT2D eigenvalue weighted by molar-refractivity contribution is -0.906. The summed E-state index contributed by atoms with van der Waals surface area (Å²) in [5.74, 6) is 1.48. The van der Waals surface area contributed by atoms with Crippen molar-refractivity contribution in [3.63, 3.8) is 0 Å². The molecule has 0 aromatic carbocycles. The Kier molecular flexibility index (Phi) is 14.9. The average molecular weight is 641 g/mol. The maximum absolute atomic E-state index is 11.4. The van der Waals surface area contributed by atoms with Crippen molar-refractivity contribution in [2.45, 2.75) is 71.8 Å². The fourth-order valence-corrected chi connectivity index (χ4v) is 8.50. The molecule has 0 bridgehead atoms. The average Bonchev–Trinajstić information content (AvgIpc) is 2.73. The smallest absolute Gasteiger partial charge is 0.421 e. The Morgan fingerprint density at radius 3 is 1.26 bits per heavy atom. The summed E-state index contributed by atoms with van der Waals surface area (Å²) in [7, 11) is -13.8. The first-order valence-electron chi connectivity index (χ1n) is 12.5. The number of likely N-dealkylation sites (tertiary alicyclic amines) is 1. The minimum Gasteiger partial charge on any atom is -0.421 e. The second-order valence-corrected chi connectivity index (χ2v) is 17.0. The summed E-state index contributed by atoms with van der Waals surface area (Å²) >= 11 is 0. The molecule has 39 heavy (non-hydrogen) atoms. The molecule has 0 unspecified atom stereocenters. The topological polar surface area (TPSA) is 110 Å². The molecular weight excluding hydrogens is 598 g/mol. The van der Waals surface area contributed by atoms with Crippen molar-refractivity contribution in [1.82, 2.24) is 0 Å². The fourth-order valence-electron chi connectivity index (χ4n) is 3.26. The normalized spacial score (nSPS) is 17.4. The van der Waals surface area contributed by atoms with Crippen LogP contribution in [0.1, 0.15) is 60.8 Å². The van der Waals surface area contributed by atoms with E-state index in [4.69, 9.17) is 13.3 Å². The first kappa shape index (κ1) is 38.5. The van der Waals surface area contributed by atoms with Crippen LogP contribution < -0.4 is 0 Å². The molecule has 9 nitrogen and oxygen atoms in total. The molecule has 1 rings (SSSR count). The van der Waals surface area contributed by atoms with Crippen LogP contribution in [0.25, 0.3) is 4.13 Å². The van der Waals surface area contributed by atoms with E-state index in [9.17, 15) is 43.2 Å². The van der Waals surface area contributed by atoms with Crippen molar-refractivity contribution in [3.8, 4) is 0 Å². The van der Waals surface area contributed by atoms with Gasteiger partial charge in [-0.3, -0.25) is 0 Å². The zero-order valence-electron chi connectivity index (χ0n) is 23.4. The van der Waals surface area contributed by atoms with Gasteiger partial charge < -0.3 is 21.9 Å². The van der Waals surface area contributed by atoms with E-state index >= 15 is 0 Å². The minimum atomic E-state index is -6.72. The summed E-state index contributed by atoms with van der Waals surface area (Å²) in [4.78, 5) is 0. The van der Waals surface area contributed by atoms with Gasteiger partial charge in [-0.2, -0.15) is 26.3 Å². The molecule has 0 amide bonds. The van der Waals surface area contributed by atoms with Gasteiger partial charge in [0.05, 0.1) is 20.1 Å². The Balaban J connectivity index is 0.000000830. The number of alkyl halides is 6. The van der Waals surface area contributed by atoms with E-state index in [0.717, 1.165) is 34.6 Å². The number of piperidine rings is 1. The van der Waals surface area contributed by atoms with E-state index in [-0.39, 0.29) is 0 Å². The Morgan fingerprint density at radius 1 is 0.692 bits per heavy atom. The van der Waals surface area contributed by atoms with Crippen molar-refractivity contribution < 1.29 is 60.9 Å². The van der Waals surface area contributed by atoms with Gasteiger partial charge in [0, 0.05) is 19.8 Å². The Labute approximate surface area is 229 Å². The van der Waals surface area contributed by atoms with Gasteiger partial charge in [0.2, 0.25) is 0 Å². The fraction of sp³-hybridized carbons (Fsp3) is 1.00. The molecular formula is C21H42F6N2O7S2Si. The number of rotatable bonds is 13. The molecule has 1 aliphatic heterocycles. The summed E-state index contributed by atoms with van der Waals surface area (Å²) in [6.07, 6.45) is 4.88. The van der Waals surface area contributed by atoms with Crippen molar-refractivity contribution in [2.75, 3.05) is 46.1 Å². The number of halogens is 6. The van der Waals surface area contributed by atoms with Crippen molar-refractivity contribution >= 4 is 28.9 Å². The first-order chi connectivity index (χ1) is 17.4. The van der Waals surface area contributed by atoms with E-state index < -0.39 is 39.9 Å². The lowest BCUT2D eigenvalue weighted by atomic mass is 10.1. The molecule has 0 N–H and O–H groups in total. The third kappa shape index (κ3) is 14.3. The highest BCUT2D eigenvalue weighted by Crippen LogP contribution is 2.36. The van der Waals surface area contributed by atoms with Crippen LogP contribution in [0.2, 0.25) is 0 Å². The highest BCUT2D eigenvalue weighted by Gasteiger charge is 2.50. The van der Waals surface area contributed by atoms with Gasteiger partial charge in [-0.15, -0.1) is 0 Å². The van der Waals surface area contributed by atoms with Crippen LogP contribution in [0, 0.1) is 17.8 Å². The SMILES string of the molecule is CC(C)CO[Si](C[N+]1(C)CCCCC1)(OCC(C)C)OCC(C)C.O=S(=O)([N-]S(=O)(=O)C(F)(F)F)C(F)(F)F. The molecule has 18 heteroatoms. The highest BCUT2D eigenvalue weighted by molar-refractivity contribution is 8.13. The second-order valence-electron chi connectivity index (χ2n) is 11.0. The van der Waals surface area contributed by atoms with Crippen molar-refractivity contribution in [3.05, 3.63) is 4.13 Å². The van der Waals surface area contributed by atoms with Gasteiger partial charge in [-0.05, 0) is 37.0 Å². The molecule has 236 valence electrons. The summed E-state index contributed by atoms with van der Waals surface area (Å²) in [5.41, 5.74) is -12.4. The quantitative estimate of drug-likeness (QED) is 0.155. The number of hydrogen-bond donors (Lipinski definition) is 0. The zero-order chi connectivity index (χ0) is 30.9. The van der Waals surface area contributed by atoms with Crippen LogP contribution in [-0.4, -0.2) is 87.3 Å². The highest BCUT2D eigenvalue weighted by atomic mass is 32.3. The predicted octanol–water partition coefficient (Wildman–Crippen LogP) is 5.17. The number of nitrogens with zero attached hydrogens (tertiary/aromatic N) is 2. The molecule has 1 heterocycles. The maximum Gasteiger partial charge on any atom is 0.559 e. The van der Waals surface area contributed by atoms with E-state index in [1.54, 1.807) is 0 Å². The monoisotopic (exact) mass is 640 g/mol. The van der Waals surface area contributed by atoms with E-state index in [1.165, 1.54) is 32.4 Å². The predicted molar refractivity (Wildman–Crippen MR) is 136 cm³/mol. The molecule has 0 aromatic heterocycles. The molecule has 0 atom stereocenters. The van der Waals surface area contributed by atoms with Gasteiger partial charge in [0.15, 0.2) is 20.0 Å². The van der Waals surface area contributed by atoms with Gasteiger partial charge >= 0.3 is 19.8 Å². The van der Waals surface area contributed by atoms with E-state index in [0.29, 0.717) is 17.8 Å². The molecule has 1 aliphatic rings. The molecule has 0 aromatic rings.